The fourth-order valence-corrected chi connectivity index (χ4v) is 1.08. The second-order valence-electron chi connectivity index (χ2n) is 2.96. The van der Waals surface area contributed by atoms with Crippen LogP contribution in [-0.2, 0) is 4.79 Å². The zero-order valence-electron chi connectivity index (χ0n) is 8.62. The first-order chi connectivity index (χ1) is 8.41. The number of aliphatic carboxylic acids is 1. The van der Waals surface area contributed by atoms with Crippen LogP contribution in [0.25, 0.3) is 0 Å². The van der Waals surface area contributed by atoms with Crippen LogP contribution in [0.15, 0.2) is 33.4 Å². The molecule has 1 aromatic carbocycles. The smallest absolute Gasteiger partial charge is 0.348 e. The van der Waals surface area contributed by atoms with E-state index in [9.17, 15) is 13.6 Å². The molecule has 8 heteroatoms. The minimum Gasteiger partial charge on any atom is -0.477 e. The average molecular weight is 295 g/mol. The highest BCUT2D eigenvalue weighted by atomic mass is 35.5. The molecule has 1 rings (SSSR count). The van der Waals surface area contributed by atoms with Crippen LogP contribution in [-0.4, -0.2) is 17.3 Å². The molecule has 0 aliphatic rings. The van der Waals surface area contributed by atoms with E-state index in [-0.39, 0.29) is 10.7 Å². The molecule has 0 spiro atoms. The van der Waals surface area contributed by atoms with Crippen LogP contribution in [0.2, 0.25) is 0 Å². The van der Waals surface area contributed by atoms with Crippen molar-refractivity contribution < 1.29 is 18.7 Å². The van der Waals surface area contributed by atoms with Crippen molar-refractivity contribution in [2.75, 3.05) is 5.43 Å². The van der Waals surface area contributed by atoms with Gasteiger partial charge in [-0.15, -0.1) is 0 Å². The lowest BCUT2D eigenvalue weighted by Crippen LogP contribution is -1.98. The number of carboxylic acids is 1. The molecule has 0 aliphatic heterocycles. The van der Waals surface area contributed by atoms with Gasteiger partial charge >= 0.3 is 5.97 Å². The van der Waals surface area contributed by atoms with Gasteiger partial charge in [0, 0.05) is 6.07 Å². The maximum atomic E-state index is 13.1. The molecule has 0 unspecified atom stereocenters. The van der Waals surface area contributed by atoms with Crippen LogP contribution in [0, 0.1) is 11.6 Å². The maximum absolute atomic E-state index is 13.1. The number of hydrogen-bond donors (Lipinski definition) is 2. The number of nitrogens with one attached hydrogen (secondary N) is 1. The molecule has 0 bridgehead atoms. The van der Waals surface area contributed by atoms with E-state index in [2.05, 4.69) is 10.5 Å². The predicted octanol–water partition coefficient (Wildman–Crippen LogP) is 3.14. The first-order valence-electron chi connectivity index (χ1n) is 4.44. The third-order valence-corrected chi connectivity index (χ3v) is 2.44. The summed E-state index contributed by atoms with van der Waals surface area (Å²) in [6.07, 6.45) is 0.890. The SMILES string of the molecule is O=C(O)/C(Cl)=C(Cl)/C=N/Nc1ccc(F)cc1F. The van der Waals surface area contributed by atoms with Gasteiger partial charge in [0.15, 0.2) is 5.82 Å². The first kappa shape index (κ1) is 14.4. The number of benzene rings is 1. The number of hydrogen-bond acceptors (Lipinski definition) is 3. The number of allylic oxidation sites excluding steroid dienone is 1. The Morgan fingerprint density at radius 3 is 2.61 bits per heavy atom. The Labute approximate surface area is 111 Å². The lowest BCUT2D eigenvalue weighted by atomic mass is 10.3. The van der Waals surface area contributed by atoms with E-state index >= 15 is 0 Å². The van der Waals surface area contributed by atoms with E-state index in [1.165, 1.54) is 0 Å². The summed E-state index contributed by atoms with van der Waals surface area (Å²) in [7, 11) is 0. The van der Waals surface area contributed by atoms with Crippen LogP contribution in [0.5, 0.6) is 0 Å². The number of hydrazone groups is 1. The van der Waals surface area contributed by atoms with Crippen molar-refractivity contribution in [1.82, 2.24) is 0 Å². The van der Waals surface area contributed by atoms with Crippen LogP contribution in [0.4, 0.5) is 14.5 Å². The normalized spacial score (nSPS) is 12.4. The third kappa shape index (κ3) is 3.97. The molecule has 0 heterocycles. The van der Waals surface area contributed by atoms with Gasteiger partial charge in [0.1, 0.15) is 10.8 Å². The fraction of sp³-hybridized carbons (Fsp3) is 0. The van der Waals surface area contributed by atoms with E-state index in [4.69, 9.17) is 28.3 Å². The molecular formula is C10H6Cl2F2N2O2. The van der Waals surface area contributed by atoms with Gasteiger partial charge in [-0.05, 0) is 12.1 Å². The van der Waals surface area contributed by atoms with Crippen LogP contribution in [0.3, 0.4) is 0 Å². The summed E-state index contributed by atoms with van der Waals surface area (Å²) in [6.45, 7) is 0. The summed E-state index contributed by atoms with van der Waals surface area (Å²) in [4.78, 5) is 10.4. The van der Waals surface area contributed by atoms with E-state index < -0.39 is 22.6 Å². The summed E-state index contributed by atoms with van der Waals surface area (Å²) in [5.74, 6) is -2.99. The van der Waals surface area contributed by atoms with Crippen molar-refractivity contribution in [1.29, 1.82) is 0 Å². The Morgan fingerprint density at radius 1 is 1.39 bits per heavy atom. The highest BCUT2D eigenvalue weighted by molar-refractivity contribution is 6.51. The van der Waals surface area contributed by atoms with E-state index in [1.807, 2.05) is 0 Å². The van der Waals surface area contributed by atoms with Crippen LogP contribution in [0.1, 0.15) is 0 Å². The fourth-order valence-electron chi connectivity index (χ4n) is 0.897. The summed E-state index contributed by atoms with van der Waals surface area (Å²) in [6, 6.07) is 2.82. The molecule has 96 valence electrons. The standard InChI is InChI=1S/C10H6Cl2F2N2O2/c11-6(9(12)10(17)18)4-15-16-8-2-1-5(13)3-7(8)14/h1-4,16H,(H,17,18)/b9-6+,15-4+. The zero-order chi connectivity index (χ0) is 13.7. The summed E-state index contributed by atoms with van der Waals surface area (Å²) >= 11 is 10.8. The highest BCUT2D eigenvalue weighted by Gasteiger charge is 2.08. The van der Waals surface area contributed by atoms with Crippen molar-refractivity contribution in [3.05, 3.63) is 39.9 Å². The molecule has 0 saturated heterocycles. The highest BCUT2D eigenvalue weighted by Crippen LogP contribution is 2.15. The minimum absolute atomic E-state index is 0.0939. The van der Waals surface area contributed by atoms with Crippen molar-refractivity contribution in [3.63, 3.8) is 0 Å². The van der Waals surface area contributed by atoms with Gasteiger partial charge in [-0.2, -0.15) is 5.10 Å². The monoisotopic (exact) mass is 294 g/mol. The van der Waals surface area contributed by atoms with Gasteiger partial charge in [-0.25, -0.2) is 13.6 Å². The Balaban J connectivity index is 2.77. The van der Waals surface area contributed by atoms with Crippen molar-refractivity contribution in [2.24, 2.45) is 5.10 Å². The van der Waals surface area contributed by atoms with Gasteiger partial charge in [-0.1, -0.05) is 23.2 Å². The molecule has 2 N–H and O–H groups in total. The molecule has 1 aromatic rings. The lowest BCUT2D eigenvalue weighted by molar-refractivity contribution is -0.131. The molecule has 0 radical (unpaired) electrons. The molecule has 0 aromatic heterocycles. The van der Waals surface area contributed by atoms with Crippen LogP contribution >= 0.6 is 23.2 Å². The van der Waals surface area contributed by atoms with E-state index in [0.29, 0.717) is 6.07 Å². The molecule has 0 amide bonds. The number of carboxylic acid groups (broad SMARTS) is 1. The predicted molar refractivity (Wildman–Crippen MR) is 64.8 cm³/mol. The van der Waals surface area contributed by atoms with Crippen molar-refractivity contribution in [3.8, 4) is 0 Å². The van der Waals surface area contributed by atoms with Gasteiger partial charge < -0.3 is 5.11 Å². The molecule has 18 heavy (non-hydrogen) atoms. The first-order valence-corrected chi connectivity index (χ1v) is 5.20. The van der Waals surface area contributed by atoms with Gasteiger partial charge in [0.05, 0.1) is 16.9 Å². The van der Waals surface area contributed by atoms with Crippen LogP contribution < -0.4 is 5.43 Å². The van der Waals surface area contributed by atoms with Gasteiger partial charge in [-0.3, -0.25) is 5.43 Å². The Morgan fingerprint density at radius 2 is 2.06 bits per heavy atom. The molecular weight excluding hydrogens is 289 g/mol. The largest absolute Gasteiger partial charge is 0.477 e. The number of carbonyl (C=O) groups is 1. The van der Waals surface area contributed by atoms with Gasteiger partial charge in [0.25, 0.3) is 0 Å². The zero-order valence-corrected chi connectivity index (χ0v) is 10.1. The van der Waals surface area contributed by atoms with E-state index in [1.54, 1.807) is 0 Å². The minimum atomic E-state index is -1.42. The average Bonchev–Trinajstić information content (AvgIpc) is 2.30. The van der Waals surface area contributed by atoms with Gasteiger partial charge in [0.2, 0.25) is 0 Å². The molecule has 0 fully saturated rings. The quantitative estimate of drug-likeness (QED) is 0.509. The second-order valence-corrected chi connectivity index (χ2v) is 3.75. The van der Waals surface area contributed by atoms with Crippen molar-refractivity contribution >= 4 is 41.1 Å². The topological polar surface area (TPSA) is 61.7 Å². The third-order valence-electron chi connectivity index (χ3n) is 1.69. The maximum Gasteiger partial charge on any atom is 0.348 e. The number of halogens is 4. The molecule has 4 nitrogen and oxygen atoms in total. The molecule has 0 atom stereocenters. The number of anilines is 1. The summed E-state index contributed by atoms with van der Waals surface area (Å²) in [5, 5.41) is 11.0. The Kier molecular flexibility index (Phi) is 5.06. The van der Waals surface area contributed by atoms with E-state index in [0.717, 1.165) is 18.3 Å². The number of rotatable bonds is 4. The Hall–Kier alpha value is -1.66. The second kappa shape index (κ2) is 6.32. The van der Waals surface area contributed by atoms with Crippen molar-refractivity contribution in [2.45, 2.75) is 0 Å². The molecule has 0 saturated carbocycles. The molecule has 0 aliphatic carbocycles. The Bertz CT molecular complexity index is 533. The summed E-state index contributed by atoms with van der Waals surface area (Å²) in [5.41, 5.74) is 2.13. The number of nitrogens with zero attached hydrogens (tertiary/aromatic N) is 1. The lowest BCUT2D eigenvalue weighted by Gasteiger charge is -2.01. The summed E-state index contributed by atoms with van der Waals surface area (Å²) < 4.78 is 25.7.